The molecule has 4 aromatic rings. The largest absolute Gasteiger partial charge is 0.486 e. The quantitative estimate of drug-likeness (QED) is 0.156. The van der Waals surface area contributed by atoms with Crippen LogP contribution in [0.2, 0.25) is 0 Å². The number of nitrogens with one attached hydrogen (secondary N) is 3. The lowest BCUT2D eigenvalue weighted by Crippen LogP contribution is -2.30. The second-order valence-electron chi connectivity index (χ2n) is 9.82. The average Bonchev–Trinajstić information content (AvgIpc) is 3.02. The van der Waals surface area contributed by atoms with Crippen molar-refractivity contribution in [2.75, 3.05) is 23.8 Å². The summed E-state index contributed by atoms with van der Waals surface area (Å²) in [5.74, 6) is 0.214. The number of aryl methyl sites for hydroxylation is 1. The molecule has 0 aromatic heterocycles. The van der Waals surface area contributed by atoms with Crippen molar-refractivity contribution in [2.45, 2.75) is 24.0 Å². The van der Waals surface area contributed by atoms with E-state index in [1.54, 1.807) is 66.7 Å². The summed E-state index contributed by atoms with van der Waals surface area (Å²) in [5, 5.41) is 8.15. The first-order chi connectivity index (χ1) is 20.9. The molecule has 0 saturated carbocycles. The van der Waals surface area contributed by atoms with E-state index in [1.165, 1.54) is 11.8 Å². The minimum atomic E-state index is -0.473. The number of ether oxygens (including phenoxy) is 2. The number of anilines is 2. The first-order valence-corrected chi connectivity index (χ1v) is 14.7. The average molecular weight is 594 g/mol. The van der Waals surface area contributed by atoms with Gasteiger partial charge in [0.05, 0.1) is 5.25 Å². The number of fused-ring (bicyclic) bond motifs is 1. The van der Waals surface area contributed by atoms with Gasteiger partial charge in [0.1, 0.15) is 18.9 Å². The van der Waals surface area contributed by atoms with Gasteiger partial charge in [-0.3, -0.25) is 14.4 Å². The fraction of sp³-hybridized carbons (Fsp3) is 0.147. The first-order valence-electron chi connectivity index (χ1n) is 13.8. The fourth-order valence-electron chi connectivity index (χ4n) is 4.31. The number of amides is 3. The summed E-state index contributed by atoms with van der Waals surface area (Å²) in [7, 11) is 0. The van der Waals surface area contributed by atoms with E-state index in [9.17, 15) is 14.4 Å². The van der Waals surface area contributed by atoms with Crippen LogP contribution in [0.25, 0.3) is 6.08 Å². The third-order valence-electron chi connectivity index (χ3n) is 6.60. The molecule has 5 rings (SSSR count). The van der Waals surface area contributed by atoms with Crippen LogP contribution in [0.1, 0.15) is 28.4 Å². The molecule has 9 heteroatoms. The normalized spacial score (nSPS) is 13.0. The minimum absolute atomic E-state index is 0.105. The monoisotopic (exact) mass is 593 g/mol. The highest BCUT2D eigenvalue weighted by Crippen LogP contribution is 2.33. The molecule has 1 aliphatic heterocycles. The number of thioether (sulfide) groups is 1. The van der Waals surface area contributed by atoms with Crippen molar-refractivity contribution in [3.05, 3.63) is 119 Å². The van der Waals surface area contributed by atoms with Gasteiger partial charge in [0, 0.05) is 27.9 Å². The summed E-state index contributed by atoms with van der Waals surface area (Å²) in [5.41, 5.74) is 3.46. The highest BCUT2D eigenvalue weighted by molar-refractivity contribution is 8.00. The van der Waals surface area contributed by atoms with Crippen molar-refractivity contribution in [1.29, 1.82) is 0 Å². The van der Waals surface area contributed by atoms with E-state index in [4.69, 9.17) is 9.47 Å². The topological polar surface area (TPSA) is 106 Å². The van der Waals surface area contributed by atoms with Crippen molar-refractivity contribution in [3.63, 3.8) is 0 Å². The molecule has 4 aromatic carbocycles. The Bertz CT molecular complexity index is 1670. The van der Waals surface area contributed by atoms with Crippen LogP contribution in [0.4, 0.5) is 11.4 Å². The van der Waals surface area contributed by atoms with Crippen LogP contribution < -0.4 is 25.4 Å². The molecule has 8 nitrogen and oxygen atoms in total. The first kappa shape index (κ1) is 29.5. The Morgan fingerprint density at radius 2 is 1.51 bits per heavy atom. The fourth-order valence-corrected chi connectivity index (χ4v) is 5.24. The molecule has 0 saturated heterocycles. The Morgan fingerprint density at radius 1 is 0.791 bits per heavy atom. The predicted molar refractivity (Wildman–Crippen MR) is 170 cm³/mol. The van der Waals surface area contributed by atoms with Gasteiger partial charge in [-0.25, -0.2) is 0 Å². The number of benzene rings is 4. The van der Waals surface area contributed by atoms with Gasteiger partial charge < -0.3 is 25.4 Å². The molecule has 0 aliphatic carbocycles. The van der Waals surface area contributed by atoms with Gasteiger partial charge in [-0.2, -0.15) is 0 Å². The predicted octanol–water partition coefficient (Wildman–Crippen LogP) is 6.30. The van der Waals surface area contributed by atoms with E-state index < -0.39 is 17.1 Å². The van der Waals surface area contributed by atoms with Crippen molar-refractivity contribution in [2.24, 2.45) is 0 Å². The maximum atomic E-state index is 13.5. The van der Waals surface area contributed by atoms with Gasteiger partial charge in [-0.1, -0.05) is 48.5 Å². The number of rotatable bonds is 9. The summed E-state index contributed by atoms with van der Waals surface area (Å²) in [6.07, 6.45) is 1.66. The molecule has 1 atom stereocenters. The molecular formula is C34H31N3O5S. The van der Waals surface area contributed by atoms with Crippen LogP contribution in [0.5, 0.6) is 11.5 Å². The zero-order chi connectivity index (χ0) is 30.2. The van der Waals surface area contributed by atoms with Crippen LogP contribution in [0, 0.1) is 6.92 Å². The zero-order valence-corrected chi connectivity index (χ0v) is 24.6. The van der Waals surface area contributed by atoms with Crippen LogP contribution in [0.3, 0.4) is 0 Å². The summed E-state index contributed by atoms with van der Waals surface area (Å²) in [6, 6.07) is 28.8. The number of hydrogen-bond donors (Lipinski definition) is 3. The SMILES string of the molecule is Cc1ccccc1/C=C(\NC(=O)c1ccccc1)C(=O)Nc1cccc(SC(C)C(=O)Nc2ccc3c(c2)OCCO3)c1. The smallest absolute Gasteiger partial charge is 0.272 e. The molecule has 3 amide bonds. The maximum absolute atomic E-state index is 13.5. The number of carbonyl (C=O) groups is 3. The van der Waals surface area contributed by atoms with E-state index >= 15 is 0 Å². The van der Waals surface area contributed by atoms with E-state index in [2.05, 4.69) is 16.0 Å². The third kappa shape index (κ3) is 7.84. The van der Waals surface area contributed by atoms with Crippen molar-refractivity contribution in [1.82, 2.24) is 5.32 Å². The van der Waals surface area contributed by atoms with Gasteiger partial charge in [-0.05, 0) is 73.5 Å². The second kappa shape index (κ2) is 13.8. The Balaban J connectivity index is 1.27. The Hall–Kier alpha value is -5.02. The van der Waals surface area contributed by atoms with Crippen molar-refractivity contribution in [3.8, 4) is 11.5 Å². The van der Waals surface area contributed by atoms with Gasteiger partial charge in [0.15, 0.2) is 11.5 Å². The van der Waals surface area contributed by atoms with Crippen molar-refractivity contribution < 1.29 is 23.9 Å². The van der Waals surface area contributed by atoms with E-state index in [1.807, 2.05) is 50.2 Å². The molecule has 1 aliphatic rings. The van der Waals surface area contributed by atoms with Crippen LogP contribution in [-0.4, -0.2) is 36.2 Å². The second-order valence-corrected chi connectivity index (χ2v) is 11.2. The Kier molecular flexibility index (Phi) is 9.43. The van der Waals surface area contributed by atoms with E-state index in [0.29, 0.717) is 41.7 Å². The molecule has 1 heterocycles. The Morgan fingerprint density at radius 3 is 2.30 bits per heavy atom. The van der Waals surface area contributed by atoms with Crippen LogP contribution in [-0.2, 0) is 9.59 Å². The summed E-state index contributed by atoms with van der Waals surface area (Å²) >= 11 is 1.36. The summed E-state index contributed by atoms with van der Waals surface area (Å²) in [6.45, 7) is 4.71. The van der Waals surface area contributed by atoms with Gasteiger partial charge >= 0.3 is 0 Å². The van der Waals surface area contributed by atoms with Crippen molar-refractivity contribution >= 4 is 46.9 Å². The highest BCUT2D eigenvalue weighted by Gasteiger charge is 2.19. The van der Waals surface area contributed by atoms with Crippen LogP contribution in [0.15, 0.2) is 108 Å². The zero-order valence-electron chi connectivity index (χ0n) is 23.8. The van der Waals surface area contributed by atoms with Gasteiger partial charge in [0.2, 0.25) is 5.91 Å². The molecule has 218 valence electrons. The highest BCUT2D eigenvalue weighted by atomic mass is 32.2. The maximum Gasteiger partial charge on any atom is 0.272 e. The van der Waals surface area contributed by atoms with Gasteiger partial charge in [0.25, 0.3) is 11.8 Å². The molecule has 0 spiro atoms. The lowest BCUT2D eigenvalue weighted by Gasteiger charge is -2.19. The number of hydrogen-bond acceptors (Lipinski definition) is 6. The number of carbonyl (C=O) groups excluding carboxylic acids is 3. The molecular weight excluding hydrogens is 562 g/mol. The third-order valence-corrected chi connectivity index (χ3v) is 7.69. The summed E-state index contributed by atoms with van der Waals surface area (Å²) in [4.78, 5) is 40.1. The minimum Gasteiger partial charge on any atom is -0.486 e. The van der Waals surface area contributed by atoms with E-state index in [0.717, 1.165) is 16.0 Å². The lowest BCUT2D eigenvalue weighted by atomic mass is 10.1. The molecule has 0 fully saturated rings. The standard InChI is InChI=1S/C34H31N3O5S/c1-22-9-6-7-12-25(22)19-29(37-33(39)24-10-4-3-5-11-24)34(40)36-26-13-8-14-28(20-26)43-23(2)32(38)35-27-15-16-30-31(21-27)42-18-17-41-30/h3-16,19-21,23H,17-18H2,1-2H3,(H,35,38)(H,36,40)(H,37,39)/b29-19-. The molecule has 1 unspecified atom stereocenters. The van der Waals surface area contributed by atoms with Gasteiger partial charge in [-0.15, -0.1) is 11.8 Å². The summed E-state index contributed by atoms with van der Waals surface area (Å²) < 4.78 is 11.1. The Labute approximate surface area is 254 Å². The molecule has 43 heavy (non-hydrogen) atoms. The molecule has 0 radical (unpaired) electrons. The van der Waals surface area contributed by atoms with Crippen LogP contribution >= 0.6 is 11.8 Å². The molecule has 3 N–H and O–H groups in total. The lowest BCUT2D eigenvalue weighted by molar-refractivity contribution is -0.115. The van der Waals surface area contributed by atoms with E-state index in [-0.39, 0.29) is 11.6 Å². The molecule has 0 bridgehead atoms.